The van der Waals surface area contributed by atoms with Crippen molar-refractivity contribution in [3.63, 3.8) is 0 Å². The van der Waals surface area contributed by atoms with Gasteiger partial charge in [0.15, 0.2) is 12.7 Å². The number of esters is 1. The number of halogens is 4. The number of methoxy groups -OCH3 is 2. The highest BCUT2D eigenvalue weighted by atomic mass is 79.9. The Bertz CT molecular complexity index is 1580. The molecule has 0 atom stereocenters. The lowest BCUT2D eigenvalue weighted by Crippen LogP contribution is -3.00. The van der Waals surface area contributed by atoms with Crippen LogP contribution in [0.1, 0.15) is 21.5 Å². The van der Waals surface area contributed by atoms with Gasteiger partial charge in [0.1, 0.15) is 11.3 Å². The summed E-state index contributed by atoms with van der Waals surface area (Å²) in [6, 6.07) is 19.9. The van der Waals surface area contributed by atoms with E-state index in [-0.39, 0.29) is 17.0 Å². The van der Waals surface area contributed by atoms with Crippen molar-refractivity contribution in [1.82, 2.24) is 4.98 Å². The molecule has 0 spiro atoms. The normalized spacial score (nSPS) is 11.4. The summed E-state index contributed by atoms with van der Waals surface area (Å²) >= 11 is 0. The van der Waals surface area contributed by atoms with Gasteiger partial charge in [0.2, 0.25) is 5.69 Å². The van der Waals surface area contributed by atoms with Gasteiger partial charge in [0.25, 0.3) is 0 Å². The number of aromatic nitrogens is 2. The highest BCUT2D eigenvalue weighted by Crippen LogP contribution is 2.33. The third-order valence-electron chi connectivity index (χ3n) is 6.20. The first-order chi connectivity index (χ1) is 17.3. The third-order valence-corrected chi connectivity index (χ3v) is 6.20. The molecule has 2 heterocycles. The fraction of sp³-hybridized carbons (Fsp3) is 0.143. The molecule has 0 saturated carbocycles. The number of rotatable bonds is 5. The molecule has 0 fully saturated rings. The monoisotopic (exact) mass is 570 g/mol. The number of benzene rings is 3. The molecule has 0 radical (unpaired) electrons. The number of hydrogen-bond acceptors (Lipinski definition) is 3. The molecule has 5 rings (SSSR count). The lowest BCUT2D eigenvalue weighted by atomic mass is 10.0. The van der Waals surface area contributed by atoms with Crippen LogP contribution in [0.2, 0.25) is 0 Å². The Morgan fingerprint density at radius 1 is 0.919 bits per heavy atom. The fourth-order valence-electron chi connectivity index (χ4n) is 4.38. The van der Waals surface area contributed by atoms with Crippen LogP contribution in [0, 0.1) is 0 Å². The SMILES string of the molecule is COC(=O)c1ccc(-c2c3[nH]c4ccc(OC)cc4c3cc[n+]2Cc2ccc(C(F)(F)F)cc2)cc1.[Br-]. The minimum atomic E-state index is -4.39. The summed E-state index contributed by atoms with van der Waals surface area (Å²) in [6.07, 6.45) is -2.47. The minimum Gasteiger partial charge on any atom is -1.00 e. The van der Waals surface area contributed by atoms with Crippen molar-refractivity contribution in [2.75, 3.05) is 14.2 Å². The van der Waals surface area contributed by atoms with E-state index in [0.717, 1.165) is 56.5 Å². The Morgan fingerprint density at radius 3 is 2.24 bits per heavy atom. The van der Waals surface area contributed by atoms with Gasteiger partial charge in [-0.05, 0) is 54.6 Å². The second kappa shape index (κ2) is 10.3. The number of nitrogens with zero attached hydrogens (tertiary/aromatic N) is 1. The Hall–Kier alpha value is -3.85. The van der Waals surface area contributed by atoms with Crippen LogP contribution in [0.5, 0.6) is 5.75 Å². The second-order valence-electron chi connectivity index (χ2n) is 8.38. The number of carbonyl (C=O) groups is 1. The maximum absolute atomic E-state index is 13.0. The standard InChI is InChI=1S/C28H21F3N2O3.BrH/c1-35-21-11-12-24-23(15-21)22-13-14-33(16-17-3-9-20(10-4-17)28(29,30)31)26(25(22)32-24)18-5-7-19(8-6-18)27(34)36-2;/h3-15H,16H2,1-2H3;1H. The van der Waals surface area contributed by atoms with Crippen molar-refractivity contribution < 1.29 is 49.0 Å². The first-order valence-electron chi connectivity index (χ1n) is 11.2. The maximum Gasteiger partial charge on any atom is 0.416 e. The fourth-order valence-corrected chi connectivity index (χ4v) is 4.38. The number of H-pyrrole nitrogens is 1. The van der Waals surface area contributed by atoms with Crippen molar-refractivity contribution in [3.05, 3.63) is 95.7 Å². The van der Waals surface area contributed by atoms with E-state index in [1.807, 2.05) is 47.2 Å². The van der Waals surface area contributed by atoms with Crippen molar-refractivity contribution in [1.29, 1.82) is 0 Å². The predicted molar refractivity (Wildman–Crippen MR) is 130 cm³/mol. The molecule has 5 aromatic rings. The molecule has 9 heteroatoms. The molecule has 0 aliphatic carbocycles. The van der Waals surface area contributed by atoms with Crippen LogP contribution in [0.25, 0.3) is 33.1 Å². The van der Waals surface area contributed by atoms with E-state index in [1.165, 1.54) is 19.2 Å². The third kappa shape index (κ3) is 5.04. The van der Waals surface area contributed by atoms with Gasteiger partial charge in [0, 0.05) is 33.5 Å². The Balaban J connectivity index is 0.00000320. The largest absolute Gasteiger partial charge is 1.00 e. The van der Waals surface area contributed by atoms with E-state index in [9.17, 15) is 18.0 Å². The average molecular weight is 571 g/mol. The van der Waals surface area contributed by atoms with Crippen molar-refractivity contribution in [2.45, 2.75) is 12.7 Å². The average Bonchev–Trinajstić information content (AvgIpc) is 3.25. The maximum atomic E-state index is 13.0. The van der Waals surface area contributed by atoms with Crippen LogP contribution in [-0.2, 0) is 17.5 Å². The highest BCUT2D eigenvalue weighted by Gasteiger charge is 2.30. The Labute approximate surface area is 221 Å². The molecule has 0 amide bonds. The summed E-state index contributed by atoms with van der Waals surface area (Å²) in [5, 5.41) is 1.96. The zero-order chi connectivity index (χ0) is 25.4. The topological polar surface area (TPSA) is 55.2 Å². The molecule has 0 bridgehead atoms. The number of aromatic amines is 1. The molecule has 1 N–H and O–H groups in total. The zero-order valence-corrected chi connectivity index (χ0v) is 21.5. The first kappa shape index (κ1) is 26.2. The Morgan fingerprint density at radius 2 is 1.62 bits per heavy atom. The summed E-state index contributed by atoms with van der Waals surface area (Å²) in [4.78, 5) is 15.4. The first-order valence-corrected chi connectivity index (χ1v) is 11.2. The summed E-state index contributed by atoms with van der Waals surface area (Å²) in [5.74, 6) is 0.295. The van der Waals surface area contributed by atoms with E-state index in [2.05, 4.69) is 4.98 Å². The number of pyridine rings is 1. The van der Waals surface area contributed by atoms with Gasteiger partial charge in [-0.25, -0.2) is 4.79 Å². The predicted octanol–water partition coefficient (Wildman–Crippen LogP) is 3.14. The van der Waals surface area contributed by atoms with Crippen LogP contribution >= 0.6 is 0 Å². The molecular weight excluding hydrogens is 549 g/mol. The molecule has 0 unspecified atom stereocenters. The van der Waals surface area contributed by atoms with Crippen molar-refractivity contribution in [2.24, 2.45) is 0 Å². The smallest absolute Gasteiger partial charge is 0.416 e. The quantitative estimate of drug-likeness (QED) is 0.261. The second-order valence-corrected chi connectivity index (χ2v) is 8.38. The number of hydrogen-bond donors (Lipinski definition) is 1. The lowest BCUT2D eigenvalue weighted by molar-refractivity contribution is -0.676. The van der Waals surface area contributed by atoms with Gasteiger partial charge in [-0.2, -0.15) is 17.7 Å². The van der Waals surface area contributed by atoms with Crippen molar-refractivity contribution >= 4 is 27.8 Å². The van der Waals surface area contributed by atoms with Gasteiger partial charge < -0.3 is 31.4 Å². The number of carbonyl (C=O) groups excluding carboxylic acids is 1. The minimum absolute atomic E-state index is 0. The van der Waals surface area contributed by atoms with Crippen LogP contribution in [0.3, 0.4) is 0 Å². The summed E-state index contributed by atoms with van der Waals surface area (Å²) < 4.78 is 51.3. The van der Waals surface area contributed by atoms with E-state index >= 15 is 0 Å². The number of ether oxygens (including phenoxy) is 2. The van der Waals surface area contributed by atoms with E-state index < -0.39 is 17.7 Å². The van der Waals surface area contributed by atoms with Gasteiger partial charge in [-0.15, -0.1) is 0 Å². The molecule has 37 heavy (non-hydrogen) atoms. The highest BCUT2D eigenvalue weighted by molar-refractivity contribution is 6.10. The molecule has 3 aromatic carbocycles. The van der Waals surface area contributed by atoms with E-state index in [4.69, 9.17) is 9.47 Å². The number of fused-ring (bicyclic) bond motifs is 3. The molecular formula is C28H22BrF3N2O3. The van der Waals surface area contributed by atoms with Gasteiger partial charge in [-0.1, -0.05) is 12.1 Å². The number of nitrogens with one attached hydrogen (secondary N) is 1. The summed E-state index contributed by atoms with van der Waals surface area (Å²) in [6.45, 7) is 0.348. The molecule has 5 nitrogen and oxygen atoms in total. The molecule has 0 saturated heterocycles. The van der Waals surface area contributed by atoms with Gasteiger partial charge in [0.05, 0.1) is 25.3 Å². The van der Waals surface area contributed by atoms with Crippen LogP contribution in [-0.4, -0.2) is 25.2 Å². The zero-order valence-electron chi connectivity index (χ0n) is 19.9. The molecule has 0 aliphatic heterocycles. The van der Waals surface area contributed by atoms with E-state index in [1.54, 1.807) is 19.2 Å². The summed E-state index contributed by atoms with van der Waals surface area (Å²) in [5.41, 5.74) is 3.90. The summed E-state index contributed by atoms with van der Waals surface area (Å²) in [7, 11) is 2.94. The van der Waals surface area contributed by atoms with E-state index in [0.29, 0.717) is 12.1 Å². The Kier molecular flexibility index (Phi) is 7.27. The van der Waals surface area contributed by atoms with Crippen LogP contribution < -0.4 is 26.3 Å². The van der Waals surface area contributed by atoms with Crippen LogP contribution in [0.4, 0.5) is 13.2 Å². The van der Waals surface area contributed by atoms with Gasteiger partial charge in [-0.3, -0.25) is 0 Å². The van der Waals surface area contributed by atoms with Crippen LogP contribution in [0.15, 0.2) is 79.0 Å². The lowest BCUT2D eigenvalue weighted by Gasteiger charge is -2.09. The molecule has 2 aromatic heterocycles. The molecule has 190 valence electrons. The van der Waals surface area contributed by atoms with Crippen molar-refractivity contribution in [3.8, 4) is 17.0 Å². The number of alkyl halides is 3. The van der Waals surface area contributed by atoms with Gasteiger partial charge >= 0.3 is 12.1 Å². The molecule has 0 aliphatic rings.